The highest BCUT2D eigenvalue weighted by atomic mass is 16.5. The number of carbonyl (C=O) groups is 2. The summed E-state index contributed by atoms with van der Waals surface area (Å²) in [5.41, 5.74) is 7.77. The zero-order valence-corrected chi connectivity index (χ0v) is 18.9. The van der Waals surface area contributed by atoms with E-state index in [-0.39, 0.29) is 24.5 Å². The number of ketones is 1. The van der Waals surface area contributed by atoms with Crippen molar-refractivity contribution >= 4 is 28.9 Å². The van der Waals surface area contributed by atoms with Crippen molar-refractivity contribution in [2.75, 3.05) is 39.4 Å². The molecule has 0 spiro atoms. The first-order chi connectivity index (χ1) is 16.2. The van der Waals surface area contributed by atoms with Crippen molar-refractivity contribution in [1.82, 2.24) is 10.2 Å². The first-order valence-electron chi connectivity index (χ1n) is 11.9. The van der Waals surface area contributed by atoms with E-state index in [9.17, 15) is 9.59 Å². The molecule has 2 fully saturated rings. The summed E-state index contributed by atoms with van der Waals surface area (Å²) in [6.45, 7) is 4.32. The van der Waals surface area contributed by atoms with Crippen LogP contribution in [-0.4, -0.2) is 56.0 Å². The Morgan fingerprint density at radius 2 is 1.52 bits per heavy atom. The molecule has 0 radical (unpaired) electrons. The fraction of sp³-hybridized carbons (Fsp3) is 0.357. The van der Waals surface area contributed by atoms with Gasteiger partial charge in [-0.3, -0.25) is 9.59 Å². The number of hydrogen-bond donors (Lipinski definition) is 1. The van der Waals surface area contributed by atoms with Crippen LogP contribution in [0, 0.1) is 0 Å². The monoisotopic (exact) mass is 442 g/mol. The molecule has 5 rings (SSSR count). The average Bonchev–Trinajstić information content (AvgIpc) is 3.03. The van der Waals surface area contributed by atoms with E-state index in [1.165, 1.54) is 16.7 Å². The molecule has 0 saturated carbocycles. The number of amides is 1. The van der Waals surface area contributed by atoms with Crippen LogP contribution in [0.2, 0.25) is 0 Å². The zero-order valence-electron chi connectivity index (χ0n) is 18.9. The lowest BCUT2D eigenvalue weighted by molar-refractivity contribution is -0.136. The summed E-state index contributed by atoms with van der Waals surface area (Å²) >= 11 is 0. The Morgan fingerprint density at radius 3 is 2.27 bits per heavy atom. The van der Waals surface area contributed by atoms with Crippen molar-refractivity contribution in [2.24, 2.45) is 0 Å². The van der Waals surface area contributed by atoms with Crippen molar-refractivity contribution in [3.8, 4) is 0 Å². The van der Waals surface area contributed by atoms with Crippen LogP contribution in [0.25, 0.3) is 17.2 Å². The van der Waals surface area contributed by atoms with E-state index in [2.05, 4.69) is 41.7 Å². The SMILES string of the molecule is O=C(CCC(=O)N1CCOCC1)C1=Cc2ccccc2C(=C2CCNCC2)c2ccccc21. The van der Waals surface area contributed by atoms with Crippen LogP contribution in [0.4, 0.5) is 0 Å². The summed E-state index contributed by atoms with van der Waals surface area (Å²) in [7, 11) is 0. The minimum Gasteiger partial charge on any atom is -0.378 e. The smallest absolute Gasteiger partial charge is 0.223 e. The number of nitrogens with one attached hydrogen (secondary N) is 1. The largest absolute Gasteiger partial charge is 0.378 e. The van der Waals surface area contributed by atoms with E-state index < -0.39 is 0 Å². The third kappa shape index (κ3) is 4.56. The molecule has 2 aliphatic heterocycles. The minimum atomic E-state index is 0.0235. The molecule has 33 heavy (non-hydrogen) atoms. The second-order valence-corrected chi connectivity index (χ2v) is 8.84. The first-order valence-corrected chi connectivity index (χ1v) is 11.9. The van der Waals surface area contributed by atoms with Crippen molar-refractivity contribution in [3.63, 3.8) is 0 Å². The third-order valence-corrected chi connectivity index (χ3v) is 6.81. The molecular weight excluding hydrogens is 412 g/mol. The van der Waals surface area contributed by atoms with Gasteiger partial charge in [0, 0.05) is 31.5 Å². The van der Waals surface area contributed by atoms with Crippen LogP contribution in [-0.2, 0) is 14.3 Å². The normalized spacial score (nSPS) is 18.2. The molecule has 2 saturated heterocycles. The van der Waals surface area contributed by atoms with Gasteiger partial charge in [0.15, 0.2) is 5.78 Å². The number of fused-ring (bicyclic) bond motifs is 2. The van der Waals surface area contributed by atoms with Gasteiger partial charge >= 0.3 is 0 Å². The number of benzene rings is 2. The number of carbonyl (C=O) groups excluding carboxylic acids is 2. The van der Waals surface area contributed by atoms with Crippen LogP contribution in [0.3, 0.4) is 0 Å². The molecule has 170 valence electrons. The molecular formula is C28H30N2O3. The molecule has 2 aromatic carbocycles. The van der Waals surface area contributed by atoms with E-state index >= 15 is 0 Å². The maximum absolute atomic E-state index is 13.5. The van der Waals surface area contributed by atoms with Crippen LogP contribution < -0.4 is 5.32 Å². The van der Waals surface area contributed by atoms with Gasteiger partial charge in [0.2, 0.25) is 5.91 Å². The number of rotatable bonds is 4. The van der Waals surface area contributed by atoms with E-state index in [0.717, 1.165) is 42.6 Å². The molecule has 2 aromatic rings. The Labute approximate surface area is 195 Å². The Hall–Kier alpha value is -3.02. The number of nitrogens with zero attached hydrogens (tertiary/aromatic N) is 1. The summed E-state index contributed by atoms with van der Waals surface area (Å²) < 4.78 is 5.34. The Kier molecular flexibility index (Phi) is 6.51. The van der Waals surface area contributed by atoms with Gasteiger partial charge in [-0.2, -0.15) is 0 Å². The predicted octanol–water partition coefficient (Wildman–Crippen LogP) is 3.93. The van der Waals surface area contributed by atoms with Crippen LogP contribution in [0.15, 0.2) is 54.1 Å². The molecule has 1 amide bonds. The predicted molar refractivity (Wildman–Crippen MR) is 131 cm³/mol. The lowest BCUT2D eigenvalue weighted by Crippen LogP contribution is -2.40. The van der Waals surface area contributed by atoms with E-state index in [4.69, 9.17) is 4.74 Å². The minimum absolute atomic E-state index is 0.0235. The first kappa shape index (κ1) is 21.8. The topological polar surface area (TPSA) is 58.6 Å². The van der Waals surface area contributed by atoms with Crippen LogP contribution in [0.5, 0.6) is 0 Å². The average molecular weight is 443 g/mol. The molecule has 0 atom stereocenters. The maximum Gasteiger partial charge on any atom is 0.223 e. The molecule has 1 aliphatic carbocycles. The van der Waals surface area contributed by atoms with Gasteiger partial charge in [-0.25, -0.2) is 0 Å². The van der Waals surface area contributed by atoms with Crippen molar-refractivity contribution < 1.29 is 14.3 Å². The second kappa shape index (κ2) is 9.86. The highest BCUT2D eigenvalue weighted by molar-refractivity contribution is 6.27. The van der Waals surface area contributed by atoms with Gasteiger partial charge in [-0.15, -0.1) is 0 Å². The lowest BCUT2D eigenvalue weighted by Gasteiger charge is -2.26. The van der Waals surface area contributed by atoms with Gasteiger partial charge in [0.05, 0.1) is 13.2 Å². The second-order valence-electron chi connectivity index (χ2n) is 8.84. The number of Topliss-reactive ketones (excluding diaryl/α,β-unsaturated/α-hetero) is 1. The van der Waals surface area contributed by atoms with Crippen LogP contribution in [0.1, 0.15) is 47.9 Å². The van der Waals surface area contributed by atoms with Gasteiger partial charge in [0.25, 0.3) is 0 Å². The van der Waals surface area contributed by atoms with Gasteiger partial charge in [-0.05, 0) is 59.8 Å². The standard InChI is InChI=1S/C28H30N2O3/c31-26(9-10-27(32)30-15-17-33-18-16-30)25-19-21-5-1-2-6-22(21)28(20-11-13-29-14-12-20)24-8-4-3-7-23(24)25/h1-8,19,29H,9-18H2. The van der Waals surface area contributed by atoms with Gasteiger partial charge in [0.1, 0.15) is 0 Å². The number of piperidine rings is 1. The maximum atomic E-state index is 13.5. The Bertz CT molecular complexity index is 1120. The molecule has 2 heterocycles. The summed E-state index contributed by atoms with van der Waals surface area (Å²) in [5.74, 6) is 0.0579. The molecule has 0 aromatic heterocycles. The number of hydrogen-bond acceptors (Lipinski definition) is 4. The molecule has 5 nitrogen and oxygen atoms in total. The molecule has 1 N–H and O–H groups in total. The zero-order chi connectivity index (χ0) is 22.6. The molecule has 5 heteroatoms. The van der Waals surface area contributed by atoms with Crippen molar-refractivity contribution in [1.29, 1.82) is 0 Å². The van der Waals surface area contributed by atoms with Crippen molar-refractivity contribution in [2.45, 2.75) is 25.7 Å². The lowest BCUT2D eigenvalue weighted by atomic mass is 9.85. The quantitative estimate of drug-likeness (QED) is 0.780. The summed E-state index contributed by atoms with van der Waals surface area (Å²) in [6.07, 6.45) is 4.50. The van der Waals surface area contributed by atoms with E-state index in [1.54, 1.807) is 4.90 Å². The number of morpholine rings is 1. The van der Waals surface area contributed by atoms with Gasteiger partial charge in [-0.1, -0.05) is 54.1 Å². The number of allylic oxidation sites excluding steroid dienone is 1. The highest BCUT2D eigenvalue weighted by Crippen LogP contribution is 2.41. The summed E-state index contributed by atoms with van der Waals surface area (Å²) in [6, 6.07) is 16.6. The summed E-state index contributed by atoms with van der Waals surface area (Å²) in [4.78, 5) is 28.0. The molecule has 3 aliphatic rings. The van der Waals surface area contributed by atoms with E-state index in [1.807, 2.05) is 18.2 Å². The highest BCUT2D eigenvalue weighted by Gasteiger charge is 2.26. The Balaban J connectivity index is 1.50. The van der Waals surface area contributed by atoms with E-state index in [0.29, 0.717) is 31.9 Å². The Morgan fingerprint density at radius 1 is 0.848 bits per heavy atom. The molecule has 0 bridgehead atoms. The van der Waals surface area contributed by atoms with Crippen LogP contribution >= 0.6 is 0 Å². The fourth-order valence-corrected chi connectivity index (χ4v) is 5.08. The fourth-order valence-electron chi connectivity index (χ4n) is 5.08. The summed E-state index contributed by atoms with van der Waals surface area (Å²) in [5, 5.41) is 3.45. The third-order valence-electron chi connectivity index (χ3n) is 6.81. The van der Waals surface area contributed by atoms with Crippen molar-refractivity contribution in [3.05, 3.63) is 76.4 Å². The van der Waals surface area contributed by atoms with Gasteiger partial charge < -0.3 is 15.0 Å². The molecule has 0 unspecified atom stereocenters. The number of ether oxygens (including phenoxy) is 1.